The van der Waals surface area contributed by atoms with Gasteiger partial charge in [-0.3, -0.25) is 0 Å². The number of carbonyl (C=O) groups excluding carboxylic acids is 2. The molecule has 4 heteroatoms. The summed E-state index contributed by atoms with van der Waals surface area (Å²) in [4.78, 5) is 23.4. The normalized spacial score (nSPS) is 39.9. The Morgan fingerprint density at radius 3 is 2.10 bits per heavy atom. The molecular weight excluding hydrogens is 268 g/mol. The van der Waals surface area contributed by atoms with Crippen LogP contribution in [0.1, 0.15) is 46.0 Å². The third-order valence-corrected chi connectivity index (χ3v) is 5.76. The second kappa shape index (κ2) is 5.15. The molecule has 0 atom stereocenters. The highest BCUT2D eigenvalue weighted by Gasteiger charge is 2.57. The minimum absolute atomic E-state index is 0.295. The third-order valence-electron chi connectivity index (χ3n) is 5.76. The van der Waals surface area contributed by atoms with Crippen LogP contribution in [-0.2, 0) is 19.1 Å². The van der Waals surface area contributed by atoms with Gasteiger partial charge in [0.25, 0.3) is 0 Å². The molecule has 4 bridgehead atoms. The molecule has 4 nitrogen and oxygen atoms in total. The average molecular weight is 292 g/mol. The largest absolute Gasteiger partial charge is 0.456 e. The van der Waals surface area contributed by atoms with Crippen LogP contribution in [0.25, 0.3) is 0 Å². The minimum Gasteiger partial charge on any atom is -0.456 e. The van der Waals surface area contributed by atoms with Gasteiger partial charge in [-0.2, -0.15) is 0 Å². The van der Waals surface area contributed by atoms with Crippen molar-refractivity contribution in [3.8, 4) is 0 Å². The van der Waals surface area contributed by atoms with Crippen molar-refractivity contribution in [1.82, 2.24) is 0 Å². The summed E-state index contributed by atoms with van der Waals surface area (Å²) in [5.74, 6) is 1.66. The molecule has 0 spiro atoms. The summed E-state index contributed by atoms with van der Waals surface area (Å²) >= 11 is 0. The Kier molecular flexibility index (Phi) is 3.58. The van der Waals surface area contributed by atoms with E-state index in [1.54, 1.807) is 6.92 Å². The van der Waals surface area contributed by atoms with Gasteiger partial charge in [0.1, 0.15) is 5.60 Å². The van der Waals surface area contributed by atoms with Gasteiger partial charge in [-0.25, -0.2) is 9.59 Å². The van der Waals surface area contributed by atoms with E-state index in [2.05, 4.69) is 13.5 Å². The van der Waals surface area contributed by atoms with Gasteiger partial charge in [0, 0.05) is 5.57 Å². The van der Waals surface area contributed by atoms with E-state index in [-0.39, 0.29) is 12.2 Å². The molecule has 0 aromatic carbocycles. The van der Waals surface area contributed by atoms with Crippen LogP contribution in [0.15, 0.2) is 12.2 Å². The number of rotatable bonds is 4. The Balaban J connectivity index is 1.60. The molecule has 4 aliphatic carbocycles. The lowest BCUT2D eigenvalue weighted by molar-refractivity contribution is -0.207. The molecule has 0 radical (unpaired) electrons. The molecule has 0 heterocycles. The molecule has 0 aliphatic heterocycles. The Labute approximate surface area is 125 Å². The molecule has 4 saturated carbocycles. The van der Waals surface area contributed by atoms with Gasteiger partial charge in [-0.1, -0.05) is 6.58 Å². The van der Waals surface area contributed by atoms with Crippen molar-refractivity contribution in [2.45, 2.75) is 51.6 Å². The molecule has 0 aromatic heterocycles. The van der Waals surface area contributed by atoms with Gasteiger partial charge in [-0.15, -0.1) is 0 Å². The van der Waals surface area contributed by atoms with Gasteiger partial charge < -0.3 is 9.47 Å². The second-order valence-electron chi connectivity index (χ2n) is 7.32. The van der Waals surface area contributed by atoms with Crippen LogP contribution < -0.4 is 0 Å². The molecule has 0 amide bonds. The molecule has 116 valence electrons. The lowest BCUT2D eigenvalue weighted by Gasteiger charge is -2.59. The minimum atomic E-state index is -0.540. The Hall–Kier alpha value is -1.32. The molecule has 0 unspecified atom stereocenters. The third kappa shape index (κ3) is 2.60. The van der Waals surface area contributed by atoms with Crippen molar-refractivity contribution in [2.24, 2.45) is 23.7 Å². The van der Waals surface area contributed by atoms with E-state index < -0.39 is 11.9 Å². The maximum Gasteiger partial charge on any atom is 0.344 e. The average Bonchev–Trinajstić information content (AvgIpc) is 2.41. The highest BCUT2D eigenvalue weighted by Crippen LogP contribution is 2.59. The van der Waals surface area contributed by atoms with Crippen molar-refractivity contribution >= 4 is 11.9 Å². The van der Waals surface area contributed by atoms with Crippen LogP contribution in [0, 0.1) is 23.7 Å². The first kappa shape index (κ1) is 14.6. The van der Waals surface area contributed by atoms with E-state index in [1.807, 2.05) is 0 Å². The summed E-state index contributed by atoms with van der Waals surface area (Å²) in [5.41, 5.74) is -0.0659. The standard InChI is InChI=1S/C17H24O4/c1-10(2)16(19)20-9-15(18)21-17(3)13-5-11-4-12(7-13)8-14(17)6-11/h11-14H,1,4-9H2,2-3H3. The van der Waals surface area contributed by atoms with Crippen molar-refractivity contribution in [3.63, 3.8) is 0 Å². The summed E-state index contributed by atoms with van der Waals surface area (Å²) in [5, 5.41) is 0. The van der Waals surface area contributed by atoms with Gasteiger partial charge >= 0.3 is 11.9 Å². The molecule has 4 fully saturated rings. The maximum atomic E-state index is 12.0. The van der Waals surface area contributed by atoms with E-state index in [4.69, 9.17) is 9.47 Å². The zero-order valence-electron chi connectivity index (χ0n) is 12.9. The number of esters is 2. The maximum absolute atomic E-state index is 12.0. The van der Waals surface area contributed by atoms with Crippen LogP contribution in [0.5, 0.6) is 0 Å². The molecule has 0 N–H and O–H groups in total. The second-order valence-corrected chi connectivity index (χ2v) is 7.32. The highest BCUT2D eigenvalue weighted by molar-refractivity contribution is 5.88. The van der Waals surface area contributed by atoms with Gasteiger partial charge in [0.15, 0.2) is 6.61 Å². The number of hydrogen-bond donors (Lipinski definition) is 0. The van der Waals surface area contributed by atoms with E-state index in [9.17, 15) is 9.59 Å². The molecule has 0 aromatic rings. The van der Waals surface area contributed by atoms with Crippen molar-refractivity contribution in [3.05, 3.63) is 12.2 Å². The van der Waals surface area contributed by atoms with E-state index in [0.717, 1.165) is 11.8 Å². The van der Waals surface area contributed by atoms with Crippen LogP contribution in [0.4, 0.5) is 0 Å². The molecule has 0 saturated heterocycles. The molecule has 4 rings (SSSR count). The van der Waals surface area contributed by atoms with Crippen LogP contribution in [0.2, 0.25) is 0 Å². The van der Waals surface area contributed by atoms with E-state index in [1.165, 1.54) is 32.1 Å². The smallest absolute Gasteiger partial charge is 0.344 e. The number of hydrogen-bond acceptors (Lipinski definition) is 4. The zero-order valence-corrected chi connectivity index (χ0v) is 12.9. The fraction of sp³-hybridized carbons (Fsp3) is 0.765. The van der Waals surface area contributed by atoms with Crippen LogP contribution >= 0.6 is 0 Å². The Morgan fingerprint density at radius 1 is 1.10 bits per heavy atom. The first-order chi connectivity index (χ1) is 9.88. The summed E-state index contributed by atoms with van der Waals surface area (Å²) in [7, 11) is 0. The number of carbonyl (C=O) groups is 2. The monoisotopic (exact) mass is 292 g/mol. The molecule has 4 aliphatic rings. The van der Waals surface area contributed by atoms with Crippen LogP contribution in [-0.4, -0.2) is 24.1 Å². The predicted molar refractivity (Wildman–Crippen MR) is 77.3 cm³/mol. The lowest BCUT2D eigenvalue weighted by Crippen LogP contribution is -2.58. The zero-order chi connectivity index (χ0) is 15.2. The van der Waals surface area contributed by atoms with Gasteiger partial charge in [-0.05, 0) is 69.6 Å². The summed E-state index contributed by atoms with van der Waals surface area (Å²) < 4.78 is 10.7. The van der Waals surface area contributed by atoms with Crippen LogP contribution in [0.3, 0.4) is 0 Å². The summed E-state index contributed by atoms with van der Waals surface area (Å²) in [6, 6.07) is 0. The highest BCUT2D eigenvalue weighted by atomic mass is 16.6. The first-order valence-corrected chi connectivity index (χ1v) is 7.93. The molecular formula is C17H24O4. The predicted octanol–water partition coefficient (Wildman–Crippen LogP) is 2.86. The lowest BCUT2D eigenvalue weighted by atomic mass is 9.50. The number of ether oxygens (including phenoxy) is 2. The van der Waals surface area contributed by atoms with Crippen molar-refractivity contribution < 1.29 is 19.1 Å². The summed E-state index contributed by atoms with van der Waals surface area (Å²) in [6.07, 6.45) is 6.10. The fourth-order valence-electron chi connectivity index (χ4n) is 4.81. The van der Waals surface area contributed by atoms with Crippen molar-refractivity contribution in [1.29, 1.82) is 0 Å². The van der Waals surface area contributed by atoms with Gasteiger partial charge in [0.05, 0.1) is 0 Å². The van der Waals surface area contributed by atoms with E-state index in [0.29, 0.717) is 17.4 Å². The quantitative estimate of drug-likeness (QED) is 0.590. The topological polar surface area (TPSA) is 52.6 Å². The Bertz CT molecular complexity index is 451. The molecule has 21 heavy (non-hydrogen) atoms. The SMILES string of the molecule is C=C(C)C(=O)OCC(=O)OC1(C)C2CC3CC(C2)CC1C3. The first-order valence-electron chi connectivity index (χ1n) is 7.93. The Morgan fingerprint density at radius 2 is 1.62 bits per heavy atom. The fourth-order valence-corrected chi connectivity index (χ4v) is 4.81. The van der Waals surface area contributed by atoms with Crippen molar-refractivity contribution in [2.75, 3.05) is 6.61 Å². The summed E-state index contributed by atoms with van der Waals surface area (Å²) in [6.45, 7) is 6.83. The van der Waals surface area contributed by atoms with E-state index >= 15 is 0 Å². The van der Waals surface area contributed by atoms with Gasteiger partial charge in [0.2, 0.25) is 0 Å².